The monoisotopic (exact) mass is 342 g/mol. The van der Waals surface area contributed by atoms with E-state index < -0.39 is 11.8 Å². The molecule has 0 fully saturated rings. The summed E-state index contributed by atoms with van der Waals surface area (Å²) >= 11 is 0. The second kappa shape index (κ2) is 7.48. The quantitative estimate of drug-likeness (QED) is 0.619. The number of methoxy groups -OCH3 is 1. The fourth-order valence-electron chi connectivity index (χ4n) is 2.33. The largest absolute Gasteiger partial charge is 0.497 e. The highest BCUT2D eigenvalue weighted by Gasteiger charge is 2.25. The molecular formula is C18H18N2O5. The number of aryl methyl sites for hydroxylation is 1. The molecule has 0 aliphatic rings. The molecule has 0 saturated carbocycles. The zero-order chi connectivity index (χ0) is 18.6. The lowest BCUT2D eigenvalue weighted by atomic mass is 10.1. The van der Waals surface area contributed by atoms with Gasteiger partial charge in [-0.2, -0.15) is 0 Å². The lowest BCUT2D eigenvalue weighted by Gasteiger charge is -2.01. The molecule has 130 valence electrons. The Morgan fingerprint density at radius 1 is 1.16 bits per heavy atom. The maximum atomic E-state index is 12.1. The molecule has 7 nitrogen and oxygen atoms in total. The number of hydrogen-bond donors (Lipinski definition) is 2. The highest BCUT2D eigenvalue weighted by molar-refractivity contribution is 6.13. The van der Waals surface area contributed by atoms with Crippen LogP contribution in [-0.4, -0.2) is 24.7 Å². The Kier molecular flexibility index (Phi) is 5.38. The number of benzene rings is 1. The van der Waals surface area contributed by atoms with E-state index >= 15 is 0 Å². The van der Waals surface area contributed by atoms with Crippen LogP contribution in [-0.2, 0) is 4.79 Å². The molecule has 0 unspecified atom stereocenters. The molecular weight excluding hydrogens is 324 g/mol. The van der Waals surface area contributed by atoms with Gasteiger partial charge in [-0.1, -0.05) is 12.1 Å². The average molecular weight is 342 g/mol. The normalized spacial score (nSPS) is 10.7. The van der Waals surface area contributed by atoms with Gasteiger partial charge in [0.25, 0.3) is 11.8 Å². The summed E-state index contributed by atoms with van der Waals surface area (Å²) in [7, 11) is 1.56. The third-order valence-corrected chi connectivity index (χ3v) is 3.46. The Morgan fingerprint density at radius 2 is 1.80 bits per heavy atom. The van der Waals surface area contributed by atoms with E-state index in [9.17, 15) is 14.4 Å². The maximum Gasteiger partial charge on any atom is 0.255 e. The van der Waals surface area contributed by atoms with Crippen molar-refractivity contribution in [2.45, 2.75) is 13.8 Å². The van der Waals surface area contributed by atoms with Gasteiger partial charge >= 0.3 is 0 Å². The van der Waals surface area contributed by atoms with Crippen LogP contribution >= 0.6 is 0 Å². The van der Waals surface area contributed by atoms with Crippen molar-refractivity contribution in [1.82, 2.24) is 0 Å². The second-order valence-corrected chi connectivity index (χ2v) is 5.25. The van der Waals surface area contributed by atoms with Crippen molar-refractivity contribution in [2.75, 3.05) is 12.4 Å². The van der Waals surface area contributed by atoms with Crippen molar-refractivity contribution in [3.63, 3.8) is 0 Å². The third-order valence-electron chi connectivity index (χ3n) is 3.46. The zero-order valence-corrected chi connectivity index (χ0v) is 14.1. The van der Waals surface area contributed by atoms with E-state index in [1.165, 1.54) is 19.9 Å². The van der Waals surface area contributed by atoms with Gasteiger partial charge in [0.05, 0.1) is 12.7 Å². The van der Waals surface area contributed by atoms with Gasteiger partial charge in [-0.05, 0) is 37.6 Å². The van der Waals surface area contributed by atoms with Gasteiger partial charge in [-0.3, -0.25) is 19.7 Å². The number of nitrogens with two attached hydrogens (primary N) is 1. The predicted molar refractivity (Wildman–Crippen MR) is 92.6 cm³/mol. The molecule has 2 aromatic rings. The van der Waals surface area contributed by atoms with Crippen molar-refractivity contribution in [2.24, 2.45) is 5.73 Å². The van der Waals surface area contributed by atoms with E-state index in [1.54, 1.807) is 37.5 Å². The summed E-state index contributed by atoms with van der Waals surface area (Å²) < 4.78 is 10.4. The fourth-order valence-corrected chi connectivity index (χ4v) is 2.33. The van der Waals surface area contributed by atoms with Crippen molar-refractivity contribution in [1.29, 1.82) is 0 Å². The van der Waals surface area contributed by atoms with Gasteiger partial charge in [0.2, 0.25) is 5.88 Å². The van der Waals surface area contributed by atoms with Crippen LogP contribution in [0, 0.1) is 6.92 Å². The Morgan fingerprint density at radius 3 is 2.32 bits per heavy atom. The average Bonchev–Trinajstić information content (AvgIpc) is 2.89. The van der Waals surface area contributed by atoms with Gasteiger partial charge in [0.1, 0.15) is 17.1 Å². The number of rotatable bonds is 6. The molecule has 0 radical (unpaired) electrons. The molecule has 0 bridgehead atoms. The predicted octanol–water partition coefficient (Wildman–Crippen LogP) is 2.55. The summed E-state index contributed by atoms with van der Waals surface area (Å²) in [5, 5.41) is 2.43. The Balaban J connectivity index is 2.20. The van der Waals surface area contributed by atoms with Crippen LogP contribution in [0.4, 0.5) is 5.88 Å². The first-order chi connectivity index (χ1) is 11.8. The number of ether oxygens (including phenoxy) is 1. The summed E-state index contributed by atoms with van der Waals surface area (Å²) in [6.45, 7) is 2.81. The lowest BCUT2D eigenvalue weighted by molar-refractivity contribution is -0.111. The van der Waals surface area contributed by atoms with Crippen molar-refractivity contribution < 1.29 is 23.5 Å². The van der Waals surface area contributed by atoms with E-state index in [-0.39, 0.29) is 28.6 Å². The van der Waals surface area contributed by atoms with Gasteiger partial charge in [-0.25, -0.2) is 0 Å². The number of ketones is 1. The van der Waals surface area contributed by atoms with Crippen LogP contribution < -0.4 is 15.8 Å². The van der Waals surface area contributed by atoms with Crippen molar-refractivity contribution >= 4 is 29.6 Å². The number of Topliss-reactive ketones (excluding diaryl/α,β-unsaturated/α-hetero) is 1. The molecule has 2 rings (SSSR count). The van der Waals surface area contributed by atoms with E-state index in [0.29, 0.717) is 5.75 Å². The number of amides is 2. The molecule has 0 saturated heterocycles. The molecule has 7 heteroatoms. The van der Waals surface area contributed by atoms with Crippen LogP contribution in [0.2, 0.25) is 0 Å². The number of primary amides is 1. The standard InChI is InChI=1S/C18H18N2O5/c1-10(21)15-11(2)25-18(16(15)17(19)23)20-14(22)9-6-12-4-7-13(24-3)8-5-12/h4-9H,1-3H3,(H2,19,23)(H,20,22)/b9-6+. The van der Waals surface area contributed by atoms with Crippen molar-refractivity contribution in [3.8, 4) is 5.75 Å². The minimum Gasteiger partial charge on any atom is -0.497 e. The number of furan rings is 1. The van der Waals surface area contributed by atoms with Crippen LogP contribution in [0.1, 0.15) is 39.0 Å². The molecule has 1 aromatic heterocycles. The Bertz CT molecular complexity index is 847. The van der Waals surface area contributed by atoms with Crippen LogP contribution in [0.5, 0.6) is 5.75 Å². The van der Waals surface area contributed by atoms with E-state index in [2.05, 4.69) is 5.32 Å². The lowest BCUT2D eigenvalue weighted by Crippen LogP contribution is -2.18. The highest BCUT2D eigenvalue weighted by atomic mass is 16.5. The maximum absolute atomic E-state index is 12.1. The zero-order valence-electron chi connectivity index (χ0n) is 14.1. The Hall–Kier alpha value is -3.35. The minimum absolute atomic E-state index is 0.0712. The van der Waals surface area contributed by atoms with Crippen LogP contribution in [0.25, 0.3) is 6.08 Å². The summed E-state index contributed by atoms with van der Waals surface area (Å²) in [5.74, 6) is -0.964. The molecule has 2 amide bonds. The highest BCUT2D eigenvalue weighted by Crippen LogP contribution is 2.27. The first kappa shape index (κ1) is 18.0. The molecule has 0 aliphatic heterocycles. The van der Waals surface area contributed by atoms with Gasteiger partial charge in [0.15, 0.2) is 5.78 Å². The number of hydrogen-bond acceptors (Lipinski definition) is 5. The topological polar surface area (TPSA) is 112 Å². The molecule has 25 heavy (non-hydrogen) atoms. The minimum atomic E-state index is -0.850. The number of nitrogens with one attached hydrogen (secondary N) is 1. The number of carbonyl (C=O) groups excluding carboxylic acids is 3. The summed E-state index contributed by atoms with van der Waals surface area (Å²) in [6, 6.07) is 7.08. The van der Waals surface area contributed by atoms with Crippen molar-refractivity contribution in [3.05, 3.63) is 52.8 Å². The van der Waals surface area contributed by atoms with Gasteiger partial charge < -0.3 is 14.9 Å². The number of anilines is 1. The van der Waals surface area contributed by atoms with Gasteiger partial charge in [-0.15, -0.1) is 0 Å². The number of carbonyl (C=O) groups is 3. The summed E-state index contributed by atoms with van der Waals surface area (Å²) in [6.07, 6.45) is 2.86. The first-order valence-electron chi connectivity index (χ1n) is 7.40. The Labute approximate surface area is 144 Å². The molecule has 1 aromatic carbocycles. The van der Waals surface area contributed by atoms with Gasteiger partial charge in [0, 0.05) is 6.08 Å². The molecule has 0 atom stereocenters. The fraction of sp³-hybridized carbons (Fsp3) is 0.167. The first-order valence-corrected chi connectivity index (χ1v) is 7.40. The molecule has 0 spiro atoms. The molecule has 1 heterocycles. The third kappa shape index (κ3) is 4.14. The second-order valence-electron chi connectivity index (χ2n) is 5.25. The molecule has 3 N–H and O–H groups in total. The van der Waals surface area contributed by atoms with Crippen LogP contribution in [0.15, 0.2) is 34.8 Å². The summed E-state index contributed by atoms with van der Waals surface area (Å²) in [5.41, 5.74) is 6.03. The van der Waals surface area contributed by atoms with E-state index in [1.807, 2.05) is 0 Å². The van der Waals surface area contributed by atoms with Crippen LogP contribution in [0.3, 0.4) is 0 Å². The van der Waals surface area contributed by atoms with E-state index in [4.69, 9.17) is 14.9 Å². The molecule has 0 aliphatic carbocycles. The summed E-state index contributed by atoms with van der Waals surface area (Å²) in [4.78, 5) is 35.3. The SMILES string of the molecule is COc1ccc(/C=C/C(=O)Nc2oc(C)c(C(C)=O)c2C(N)=O)cc1. The smallest absolute Gasteiger partial charge is 0.255 e. The van der Waals surface area contributed by atoms with E-state index in [0.717, 1.165) is 5.56 Å².